The van der Waals surface area contributed by atoms with E-state index in [-0.39, 0.29) is 11.8 Å². The topological polar surface area (TPSA) is 67.2 Å². The van der Waals surface area contributed by atoms with Crippen molar-refractivity contribution in [3.05, 3.63) is 41.2 Å². The van der Waals surface area contributed by atoms with Crippen molar-refractivity contribution >= 4 is 5.91 Å². The van der Waals surface area contributed by atoms with Gasteiger partial charge in [-0.1, -0.05) is 13.0 Å². The molecule has 7 heteroatoms. The number of aryl methyl sites for hydroxylation is 3. The first-order valence-electron chi connectivity index (χ1n) is 9.23. The molecular formula is C19H28N6O. The molecule has 0 saturated carbocycles. The molecule has 1 saturated heterocycles. The van der Waals surface area contributed by atoms with Crippen molar-refractivity contribution in [3.63, 3.8) is 0 Å². The summed E-state index contributed by atoms with van der Waals surface area (Å²) in [5.41, 5.74) is 2.34. The third-order valence-corrected chi connectivity index (χ3v) is 5.01. The summed E-state index contributed by atoms with van der Waals surface area (Å²) in [6.07, 6.45) is 1.84. The predicted octanol–water partition coefficient (Wildman–Crippen LogP) is 1.58. The SMILES string of the molecule is Cc1nc(C)n(CC(C)C(=O)N2CCN(Cc3ncccc3C)CC2)n1. The van der Waals surface area contributed by atoms with E-state index >= 15 is 0 Å². The molecule has 1 amide bonds. The largest absolute Gasteiger partial charge is 0.340 e. The fraction of sp³-hybridized carbons (Fsp3) is 0.579. The molecule has 0 bridgehead atoms. The van der Waals surface area contributed by atoms with Gasteiger partial charge >= 0.3 is 0 Å². The number of rotatable bonds is 5. The van der Waals surface area contributed by atoms with E-state index in [2.05, 4.69) is 33.0 Å². The predicted molar refractivity (Wildman–Crippen MR) is 99.5 cm³/mol. The van der Waals surface area contributed by atoms with Crippen LogP contribution in [-0.4, -0.2) is 61.6 Å². The number of pyridine rings is 1. The zero-order valence-electron chi connectivity index (χ0n) is 16.1. The highest BCUT2D eigenvalue weighted by molar-refractivity contribution is 5.78. The van der Waals surface area contributed by atoms with E-state index in [0.717, 1.165) is 50.1 Å². The highest BCUT2D eigenvalue weighted by atomic mass is 16.2. The van der Waals surface area contributed by atoms with Crippen LogP contribution >= 0.6 is 0 Å². The molecule has 0 N–H and O–H groups in total. The average molecular weight is 356 g/mol. The number of piperazine rings is 1. The fourth-order valence-electron chi connectivity index (χ4n) is 3.41. The van der Waals surface area contributed by atoms with Crippen LogP contribution < -0.4 is 0 Å². The van der Waals surface area contributed by atoms with Gasteiger partial charge in [0.25, 0.3) is 0 Å². The minimum absolute atomic E-state index is 0.0978. The van der Waals surface area contributed by atoms with Gasteiger partial charge in [0.05, 0.1) is 18.2 Å². The van der Waals surface area contributed by atoms with Gasteiger partial charge in [-0.2, -0.15) is 5.10 Å². The van der Waals surface area contributed by atoms with E-state index in [4.69, 9.17) is 0 Å². The van der Waals surface area contributed by atoms with E-state index in [0.29, 0.717) is 6.54 Å². The van der Waals surface area contributed by atoms with Crippen molar-refractivity contribution in [2.75, 3.05) is 26.2 Å². The lowest BCUT2D eigenvalue weighted by Crippen LogP contribution is -2.50. The summed E-state index contributed by atoms with van der Waals surface area (Å²) in [5.74, 6) is 1.71. The summed E-state index contributed by atoms with van der Waals surface area (Å²) in [5, 5.41) is 4.36. The Labute approximate surface area is 155 Å². The molecule has 140 valence electrons. The van der Waals surface area contributed by atoms with Gasteiger partial charge in [0, 0.05) is 38.9 Å². The molecule has 3 rings (SSSR count). The molecule has 1 aliphatic heterocycles. The number of carbonyl (C=O) groups is 1. The Morgan fingerprint density at radius 2 is 1.92 bits per heavy atom. The van der Waals surface area contributed by atoms with Gasteiger partial charge in [-0.3, -0.25) is 14.7 Å². The Morgan fingerprint density at radius 1 is 1.19 bits per heavy atom. The lowest BCUT2D eigenvalue weighted by atomic mass is 10.1. The van der Waals surface area contributed by atoms with E-state index in [1.165, 1.54) is 5.56 Å². The van der Waals surface area contributed by atoms with Gasteiger partial charge in [-0.15, -0.1) is 0 Å². The zero-order chi connectivity index (χ0) is 18.7. The molecule has 0 radical (unpaired) electrons. The number of nitrogens with zero attached hydrogens (tertiary/aromatic N) is 6. The monoisotopic (exact) mass is 356 g/mol. The Bertz CT molecular complexity index is 763. The van der Waals surface area contributed by atoms with Crippen LogP contribution in [0.25, 0.3) is 0 Å². The van der Waals surface area contributed by atoms with Crippen molar-refractivity contribution in [1.82, 2.24) is 29.5 Å². The maximum atomic E-state index is 12.8. The van der Waals surface area contributed by atoms with Crippen LogP contribution in [0.4, 0.5) is 0 Å². The average Bonchev–Trinajstić information content (AvgIpc) is 2.94. The molecule has 26 heavy (non-hydrogen) atoms. The van der Waals surface area contributed by atoms with Crippen LogP contribution in [0.15, 0.2) is 18.3 Å². The number of hydrogen-bond acceptors (Lipinski definition) is 5. The lowest BCUT2D eigenvalue weighted by Gasteiger charge is -2.36. The second-order valence-corrected chi connectivity index (χ2v) is 7.16. The maximum Gasteiger partial charge on any atom is 0.227 e. The van der Waals surface area contributed by atoms with Gasteiger partial charge in [0.2, 0.25) is 5.91 Å². The Morgan fingerprint density at radius 3 is 2.54 bits per heavy atom. The van der Waals surface area contributed by atoms with Crippen LogP contribution in [-0.2, 0) is 17.9 Å². The van der Waals surface area contributed by atoms with Gasteiger partial charge in [-0.25, -0.2) is 9.67 Å². The molecule has 7 nitrogen and oxygen atoms in total. The molecule has 2 aromatic rings. The second-order valence-electron chi connectivity index (χ2n) is 7.16. The summed E-state index contributed by atoms with van der Waals surface area (Å²) in [6, 6.07) is 4.06. The van der Waals surface area contributed by atoms with E-state index in [1.54, 1.807) is 0 Å². The van der Waals surface area contributed by atoms with Gasteiger partial charge in [0.15, 0.2) is 0 Å². The minimum atomic E-state index is -0.0978. The molecule has 0 aromatic carbocycles. The van der Waals surface area contributed by atoms with E-state index in [1.807, 2.05) is 42.6 Å². The quantitative estimate of drug-likeness (QED) is 0.814. The number of carbonyl (C=O) groups excluding carboxylic acids is 1. The van der Waals surface area contributed by atoms with Crippen molar-refractivity contribution in [2.24, 2.45) is 5.92 Å². The van der Waals surface area contributed by atoms with Crippen LogP contribution in [0.1, 0.15) is 29.8 Å². The number of hydrogen-bond donors (Lipinski definition) is 0. The normalized spacial score (nSPS) is 16.7. The Kier molecular flexibility index (Phi) is 5.66. The molecule has 0 spiro atoms. The molecule has 1 atom stereocenters. The number of aromatic nitrogens is 4. The first-order valence-corrected chi connectivity index (χ1v) is 9.23. The van der Waals surface area contributed by atoms with Crippen molar-refractivity contribution in [2.45, 2.75) is 40.8 Å². The highest BCUT2D eigenvalue weighted by Crippen LogP contribution is 2.13. The van der Waals surface area contributed by atoms with Crippen molar-refractivity contribution < 1.29 is 4.79 Å². The van der Waals surface area contributed by atoms with Crippen LogP contribution in [0, 0.1) is 26.7 Å². The second kappa shape index (κ2) is 7.95. The highest BCUT2D eigenvalue weighted by Gasteiger charge is 2.26. The molecular weight excluding hydrogens is 328 g/mol. The van der Waals surface area contributed by atoms with E-state index in [9.17, 15) is 4.79 Å². The molecule has 1 unspecified atom stereocenters. The summed E-state index contributed by atoms with van der Waals surface area (Å²) >= 11 is 0. The first kappa shape index (κ1) is 18.5. The summed E-state index contributed by atoms with van der Waals surface area (Å²) in [7, 11) is 0. The molecule has 0 aliphatic carbocycles. The van der Waals surface area contributed by atoms with Crippen molar-refractivity contribution in [1.29, 1.82) is 0 Å². The molecule has 1 fully saturated rings. The van der Waals surface area contributed by atoms with Crippen molar-refractivity contribution in [3.8, 4) is 0 Å². The zero-order valence-corrected chi connectivity index (χ0v) is 16.1. The molecule has 2 aromatic heterocycles. The fourth-order valence-corrected chi connectivity index (χ4v) is 3.41. The standard InChI is InChI=1S/C19H28N6O/c1-14-6-5-7-20-18(14)13-23-8-10-24(11-9-23)19(26)15(2)12-25-17(4)21-16(3)22-25/h5-7,15H,8-13H2,1-4H3. The maximum absolute atomic E-state index is 12.8. The van der Waals surface area contributed by atoms with Gasteiger partial charge in [-0.05, 0) is 32.4 Å². The Balaban J connectivity index is 1.51. The molecule has 3 heterocycles. The third-order valence-electron chi connectivity index (χ3n) is 5.01. The van der Waals surface area contributed by atoms with Crippen LogP contribution in [0.5, 0.6) is 0 Å². The van der Waals surface area contributed by atoms with Crippen LogP contribution in [0.3, 0.4) is 0 Å². The minimum Gasteiger partial charge on any atom is -0.340 e. The molecule has 1 aliphatic rings. The number of amides is 1. The van der Waals surface area contributed by atoms with Gasteiger partial charge < -0.3 is 4.90 Å². The summed E-state index contributed by atoms with van der Waals surface area (Å²) in [4.78, 5) is 25.9. The van der Waals surface area contributed by atoms with Gasteiger partial charge in [0.1, 0.15) is 11.6 Å². The summed E-state index contributed by atoms with van der Waals surface area (Å²) < 4.78 is 1.83. The first-order chi connectivity index (χ1) is 12.4. The Hall–Kier alpha value is -2.28. The van der Waals surface area contributed by atoms with Crippen LogP contribution in [0.2, 0.25) is 0 Å². The lowest BCUT2D eigenvalue weighted by molar-refractivity contribution is -0.137. The third kappa shape index (κ3) is 4.27. The summed E-state index contributed by atoms with van der Waals surface area (Å²) in [6.45, 7) is 12.6. The van der Waals surface area contributed by atoms with E-state index < -0.39 is 0 Å². The smallest absolute Gasteiger partial charge is 0.227 e.